The fraction of sp³-hybridized carbons (Fsp3) is 0.476. The largest absolute Gasteiger partial charge is 0.483 e. The standard InChI is InChI=1S/C21H26N4O3/c1-14-7-9-25(10-8-14)20(27)13-28-18-6-4-3-5-15(18)16-11-19(26)23-21-17(16)12-22-24(21)2/h3-6,12,14,16H,7-11,13H2,1-2H3,(H,23,26). The van der Waals surface area contributed by atoms with Gasteiger partial charge in [0.25, 0.3) is 5.91 Å². The number of likely N-dealkylation sites (tertiary alicyclic amines) is 1. The van der Waals surface area contributed by atoms with Gasteiger partial charge in [0.1, 0.15) is 11.6 Å². The molecule has 0 aliphatic carbocycles. The highest BCUT2D eigenvalue weighted by molar-refractivity contribution is 5.94. The molecule has 1 atom stereocenters. The molecule has 0 saturated carbocycles. The van der Waals surface area contributed by atoms with Gasteiger partial charge in [0.15, 0.2) is 6.61 Å². The molecule has 1 aromatic carbocycles. The normalized spacial score (nSPS) is 19.9. The fourth-order valence-electron chi connectivity index (χ4n) is 4.01. The Morgan fingerprint density at radius 2 is 2.00 bits per heavy atom. The van der Waals surface area contributed by atoms with Crippen LogP contribution in [0, 0.1) is 5.92 Å². The number of hydrogen-bond acceptors (Lipinski definition) is 4. The molecule has 1 fully saturated rings. The molecule has 0 spiro atoms. The Balaban J connectivity index is 1.52. The SMILES string of the molecule is CC1CCN(C(=O)COc2ccccc2C2CC(=O)Nc3c2cnn3C)CC1. The lowest BCUT2D eigenvalue weighted by Crippen LogP contribution is -2.40. The Morgan fingerprint density at radius 3 is 2.79 bits per heavy atom. The van der Waals surface area contributed by atoms with Crippen LogP contribution in [0.25, 0.3) is 0 Å². The van der Waals surface area contributed by atoms with Gasteiger partial charge in [-0.2, -0.15) is 5.10 Å². The number of nitrogens with zero attached hydrogens (tertiary/aromatic N) is 3. The number of benzene rings is 1. The van der Waals surface area contributed by atoms with Gasteiger partial charge >= 0.3 is 0 Å². The number of ether oxygens (including phenoxy) is 1. The Kier molecular flexibility index (Phi) is 5.07. The van der Waals surface area contributed by atoms with Gasteiger partial charge in [-0.3, -0.25) is 14.3 Å². The number of aromatic nitrogens is 2. The summed E-state index contributed by atoms with van der Waals surface area (Å²) in [5.74, 6) is 1.88. The zero-order valence-electron chi connectivity index (χ0n) is 16.4. The first kappa shape index (κ1) is 18.5. The maximum Gasteiger partial charge on any atom is 0.260 e. The summed E-state index contributed by atoms with van der Waals surface area (Å²) >= 11 is 0. The lowest BCUT2D eigenvalue weighted by Gasteiger charge is -2.30. The highest BCUT2D eigenvalue weighted by Crippen LogP contribution is 2.40. The number of carbonyl (C=O) groups excluding carboxylic acids is 2. The molecule has 1 N–H and O–H groups in total. The van der Waals surface area contributed by atoms with E-state index in [0.29, 0.717) is 18.1 Å². The highest BCUT2D eigenvalue weighted by Gasteiger charge is 2.31. The Bertz CT molecular complexity index is 884. The topological polar surface area (TPSA) is 76.5 Å². The van der Waals surface area contributed by atoms with Crippen molar-refractivity contribution in [2.45, 2.75) is 32.1 Å². The lowest BCUT2D eigenvalue weighted by molar-refractivity contribution is -0.134. The first-order valence-electron chi connectivity index (χ1n) is 9.84. The molecule has 7 heteroatoms. The van der Waals surface area contributed by atoms with Gasteiger partial charge in [-0.05, 0) is 24.8 Å². The number of rotatable bonds is 4. The zero-order chi connectivity index (χ0) is 19.7. The molecule has 2 aliphatic rings. The number of fused-ring (bicyclic) bond motifs is 1. The van der Waals surface area contributed by atoms with Crippen molar-refractivity contribution in [3.63, 3.8) is 0 Å². The second-order valence-electron chi connectivity index (χ2n) is 7.77. The molecule has 4 rings (SSSR count). The van der Waals surface area contributed by atoms with Crippen LogP contribution in [0.3, 0.4) is 0 Å². The molecule has 2 aliphatic heterocycles. The molecule has 28 heavy (non-hydrogen) atoms. The summed E-state index contributed by atoms with van der Waals surface area (Å²) in [5.41, 5.74) is 1.88. The number of para-hydroxylation sites is 1. The van der Waals surface area contributed by atoms with E-state index in [1.165, 1.54) is 0 Å². The van der Waals surface area contributed by atoms with Gasteiger partial charge in [-0.1, -0.05) is 25.1 Å². The summed E-state index contributed by atoms with van der Waals surface area (Å²) in [7, 11) is 1.81. The number of carbonyl (C=O) groups is 2. The minimum Gasteiger partial charge on any atom is -0.483 e. The molecule has 1 saturated heterocycles. The molecular formula is C21H26N4O3. The average Bonchev–Trinajstić information content (AvgIpc) is 3.07. The second-order valence-corrected chi connectivity index (χ2v) is 7.77. The summed E-state index contributed by atoms with van der Waals surface area (Å²) < 4.78 is 7.61. The van der Waals surface area contributed by atoms with Gasteiger partial charge in [-0.15, -0.1) is 0 Å². The summed E-state index contributed by atoms with van der Waals surface area (Å²) in [6, 6.07) is 7.64. The van der Waals surface area contributed by atoms with Crippen LogP contribution in [-0.4, -0.2) is 46.2 Å². The number of aryl methyl sites for hydroxylation is 1. The molecule has 1 unspecified atom stereocenters. The van der Waals surface area contributed by atoms with E-state index in [9.17, 15) is 9.59 Å². The van der Waals surface area contributed by atoms with Crippen LogP contribution in [0.15, 0.2) is 30.5 Å². The third kappa shape index (κ3) is 3.61. The van der Waals surface area contributed by atoms with Gasteiger partial charge in [0, 0.05) is 43.6 Å². The summed E-state index contributed by atoms with van der Waals surface area (Å²) in [6.45, 7) is 3.84. The Morgan fingerprint density at radius 1 is 1.25 bits per heavy atom. The van der Waals surface area contributed by atoms with Gasteiger partial charge in [0.2, 0.25) is 5.91 Å². The van der Waals surface area contributed by atoms with Crippen LogP contribution in [0.5, 0.6) is 5.75 Å². The zero-order valence-corrected chi connectivity index (χ0v) is 16.4. The van der Waals surface area contributed by atoms with Crippen LogP contribution < -0.4 is 10.1 Å². The van der Waals surface area contributed by atoms with E-state index >= 15 is 0 Å². The molecule has 1 aromatic heterocycles. The minimum atomic E-state index is -0.139. The van der Waals surface area contributed by atoms with E-state index in [1.807, 2.05) is 36.2 Å². The van der Waals surface area contributed by atoms with E-state index in [-0.39, 0.29) is 24.3 Å². The number of anilines is 1. The van der Waals surface area contributed by atoms with Crippen molar-refractivity contribution < 1.29 is 14.3 Å². The maximum atomic E-state index is 12.5. The predicted molar refractivity (Wildman–Crippen MR) is 105 cm³/mol. The van der Waals surface area contributed by atoms with Gasteiger partial charge in [-0.25, -0.2) is 0 Å². The smallest absolute Gasteiger partial charge is 0.260 e. The average molecular weight is 382 g/mol. The molecular weight excluding hydrogens is 356 g/mol. The fourth-order valence-corrected chi connectivity index (χ4v) is 4.01. The molecule has 2 amide bonds. The van der Waals surface area contributed by atoms with E-state index in [1.54, 1.807) is 10.9 Å². The van der Waals surface area contributed by atoms with Crippen LogP contribution in [0.1, 0.15) is 43.2 Å². The molecule has 0 radical (unpaired) electrons. The van der Waals surface area contributed by atoms with Crippen molar-refractivity contribution in [2.24, 2.45) is 13.0 Å². The molecule has 3 heterocycles. The predicted octanol–water partition coefficient (Wildman–Crippen LogP) is 2.53. The summed E-state index contributed by atoms with van der Waals surface area (Å²) in [5, 5.41) is 7.16. The lowest BCUT2D eigenvalue weighted by atomic mass is 9.87. The summed E-state index contributed by atoms with van der Waals surface area (Å²) in [6.07, 6.45) is 4.21. The molecule has 148 valence electrons. The Hall–Kier alpha value is -2.83. The van der Waals surface area contributed by atoms with E-state index < -0.39 is 0 Å². The highest BCUT2D eigenvalue weighted by atomic mass is 16.5. The Labute approximate surface area is 164 Å². The van der Waals surface area contributed by atoms with E-state index in [0.717, 1.165) is 42.9 Å². The first-order valence-corrected chi connectivity index (χ1v) is 9.84. The van der Waals surface area contributed by atoms with Crippen molar-refractivity contribution in [1.82, 2.24) is 14.7 Å². The second kappa shape index (κ2) is 7.66. The number of piperidine rings is 1. The van der Waals surface area contributed by atoms with Crippen LogP contribution in [-0.2, 0) is 16.6 Å². The van der Waals surface area contributed by atoms with E-state index in [2.05, 4.69) is 17.3 Å². The van der Waals surface area contributed by atoms with Crippen molar-refractivity contribution in [3.8, 4) is 5.75 Å². The van der Waals surface area contributed by atoms with Crippen LogP contribution >= 0.6 is 0 Å². The van der Waals surface area contributed by atoms with Gasteiger partial charge < -0.3 is 15.0 Å². The molecule has 7 nitrogen and oxygen atoms in total. The van der Waals surface area contributed by atoms with Gasteiger partial charge in [0.05, 0.1) is 6.20 Å². The van der Waals surface area contributed by atoms with Crippen molar-refractivity contribution in [2.75, 3.05) is 25.0 Å². The van der Waals surface area contributed by atoms with Crippen molar-refractivity contribution >= 4 is 17.6 Å². The summed E-state index contributed by atoms with van der Waals surface area (Å²) in [4.78, 5) is 26.6. The molecule has 0 bridgehead atoms. The van der Waals surface area contributed by atoms with Crippen LogP contribution in [0.2, 0.25) is 0 Å². The third-order valence-corrected chi connectivity index (χ3v) is 5.77. The number of nitrogens with one attached hydrogen (secondary N) is 1. The minimum absolute atomic E-state index is 0.0181. The third-order valence-electron chi connectivity index (χ3n) is 5.77. The number of hydrogen-bond donors (Lipinski definition) is 1. The number of amides is 2. The maximum absolute atomic E-state index is 12.5. The first-order chi connectivity index (χ1) is 13.5. The van der Waals surface area contributed by atoms with Crippen LogP contribution in [0.4, 0.5) is 5.82 Å². The molecule has 2 aromatic rings. The van der Waals surface area contributed by atoms with Crippen molar-refractivity contribution in [1.29, 1.82) is 0 Å². The van der Waals surface area contributed by atoms with Crippen molar-refractivity contribution in [3.05, 3.63) is 41.6 Å². The quantitative estimate of drug-likeness (QED) is 0.882. The van der Waals surface area contributed by atoms with E-state index in [4.69, 9.17) is 4.74 Å². The monoisotopic (exact) mass is 382 g/mol.